The molecule has 0 saturated carbocycles. The lowest BCUT2D eigenvalue weighted by Crippen LogP contribution is -2.23. The number of ether oxygens (including phenoxy) is 2. The molecular weight excluding hydrogens is 212 g/mol. The van der Waals surface area contributed by atoms with Gasteiger partial charge >= 0.3 is 5.97 Å². The summed E-state index contributed by atoms with van der Waals surface area (Å²) in [5.74, 6) is 1.28. The standard InChI is InChI=1S/C11H8O5/c1-15-6-2-3-9-7(4-6)8(5-12)10(16-9)11(13)14/h2-4,10H,1H3,(H,13,14). The van der Waals surface area contributed by atoms with Gasteiger partial charge in [0.2, 0.25) is 6.10 Å². The Morgan fingerprint density at radius 2 is 2.31 bits per heavy atom. The maximum Gasteiger partial charge on any atom is 0.350 e. The van der Waals surface area contributed by atoms with E-state index in [1.807, 2.05) is 0 Å². The predicted molar refractivity (Wildman–Crippen MR) is 54.1 cm³/mol. The molecule has 0 spiro atoms. The predicted octanol–water partition coefficient (Wildman–Crippen LogP) is 0.756. The second-order valence-electron chi connectivity index (χ2n) is 3.21. The van der Waals surface area contributed by atoms with Crippen LogP contribution < -0.4 is 9.47 Å². The average Bonchev–Trinajstić information content (AvgIpc) is 2.66. The van der Waals surface area contributed by atoms with E-state index in [0.29, 0.717) is 17.1 Å². The average molecular weight is 220 g/mol. The van der Waals surface area contributed by atoms with Gasteiger partial charge in [-0.2, -0.15) is 0 Å². The van der Waals surface area contributed by atoms with E-state index in [0.717, 1.165) is 0 Å². The van der Waals surface area contributed by atoms with E-state index in [1.54, 1.807) is 24.1 Å². The molecule has 0 radical (unpaired) electrons. The summed E-state index contributed by atoms with van der Waals surface area (Å²) in [6.07, 6.45) is -1.28. The third-order valence-corrected chi connectivity index (χ3v) is 2.32. The molecule has 0 fully saturated rings. The number of carbonyl (C=O) groups excluding carboxylic acids is 1. The Kier molecular flexibility index (Phi) is 2.38. The van der Waals surface area contributed by atoms with Gasteiger partial charge in [0, 0.05) is 5.56 Å². The molecule has 1 heterocycles. The lowest BCUT2D eigenvalue weighted by Gasteiger charge is -2.03. The van der Waals surface area contributed by atoms with Crippen molar-refractivity contribution in [2.24, 2.45) is 0 Å². The first kappa shape index (κ1) is 10.3. The Labute approximate surface area is 90.9 Å². The second kappa shape index (κ2) is 3.72. The molecule has 5 heteroatoms. The molecule has 1 aromatic carbocycles. The molecule has 0 aromatic heterocycles. The summed E-state index contributed by atoms with van der Waals surface area (Å²) in [5.41, 5.74) is 0.406. The molecular formula is C11H8O5. The van der Waals surface area contributed by atoms with Crippen molar-refractivity contribution in [2.75, 3.05) is 7.11 Å². The fraction of sp³-hybridized carbons (Fsp3) is 0.182. The van der Waals surface area contributed by atoms with Crippen LogP contribution in [0.4, 0.5) is 0 Å². The summed E-state index contributed by atoms with van der Waals surface area (Å²) < 4.78 is 10.1. The van der Waals surface area contributed by atoms with Crippen LogP contribution in [0.1, 0.15) is 5.56 Å². The number of carboxylic acid groups (broad SMARTS) is 1. The van der Waals surface area contributed by atoms with Gasteiger partial charge < -0.3 is 14.6 Å². The first-order chi connectivity index (χ1) is 7.67. The van der Waals surface area contributed by atoms with Gasteiger partial charge in [-0.15, -0.1) is 0 Å². The molecule has 16 heavy (non-hydrogen) atoms. The molecule has 1 aliphatic heterocycles. The highest BCUT2D eigenvalue weighted by Crippen LogP contribution is 2.38. The van der Waals surface area contributed by atoms with Crippen LogP contribution in [0.3, 0.4) is 0 Å². The molecule has 0 aliphatic carbocycles. The van der Waals surface area contributed by atoms with E-state index in [1.165, 1.54) is 7.11 Å². The smallest absolute Gasteiger partial charge is 0.350 e. The van der Waals surface area contributed by atoms with E-state index in [4.69, 9.17) is 14.6 Å². The van der Waals surface area contributed by atoms with Crippen LogP contribution in [-0.2, 0) is 9.59 Å². The van der Waals surface area contributed by atoms with Gasteiger partial charge in [-0.3, -0.25) is 0 Å². The minimum absolute atomic E-state index is 0.0126. The summed E-state index contributed by atoms with van der Waals surface area (Å²) in [7, 11) is 1.48. The molecule has 1 unspecified atom stereocenters. The summed E-state index contributed by atoms with van der Waals surface area (Å²) in [6.45, 7) is 0. The van der Waals surface area contributed by atoms with E-state index < -0.39 is 12.1 Å². The fourth-order valence-electron chi connectivity index (χ4n) is 1.56. The lowest BCUT2D eigenvalue weighted by molar-refractivity contribution is -0.141. The van der Waals surface area contributed by atoms with Gasteiger partial charge in [-0.1, -0.05) is 0 Å². The van der Waals surface area contributed by atoms with Crippen molar-refractivity contribution in [1.29, 1.82) is 0 Å². The summed E-state index contributed by atoms with van der Waals surface area (Å²) in [4.78, 5) is 21.6. The largest absolute Gasteiger partial charge is 0.497 e. The third-order valence-electron chi connectivity index (χ3n) is 2.32. The maximum atomic E-state index is 10.8. The summed E-state index contributed by atoms with van der Waals surface area (Å²) >= 11 is 0. The fourth-order valence-corrected chi connectivity index (χ4v) is 1.56. The number of aliphatic carboxylic acids is 1. The number of carboxylic acids is 1. The highest BCUT2D eigenvalue weighted by molar-refractivity contribution is 6.04. The monoisotopic (exact) mass is 220 g/mol. The molecule has 82 valence electrons. The molecule has 1 N–H and O–H groups in total. The van der Waals surface area contributed by atoms with E-state index >= 15 is 0 Å². The highest BCUT2D eigenvalue weighted by Gasteiger charge is 2.35. The van der Waals surface area contributed by atoms with Crippen molar-refractivity contribution in [3.8, 4) is 11.5 Å². The number of rotatable bonds is 2. The molecule has 1 aliphatic rings. The van der Waals surface area contributed by atoms with Crippen molar-refractivity contribution in [3.63, 3.8) is 0 Å². The number of carbonyl (C=O) groups is 1. The lowest BCUT2D eigenvalue weighted by atomic mass is 10.0. The molecule has 1 atom stereocenters. The number of methoxy groups -OCH3 is 1. The maximum absolute atomic E-state index is 10.8. The number of hydrogen-bond acceptors (Lipinski definition) is 4. The molecule has 2 rings (SSSR count). The second-order valence-corrected chi connectivity index (χ2v) is 3.21. The van der Waals surface area contributed by atoms with Crippen LogP contribution in [0.25, 0.3) is 5.57 Å². The van der Waals surface area contributed by atoms with Crippen LogP contribution in [0.2, 0.25) is 0 Å². The SMILES string of the molecule is COc1ccc2c(c1)C(=C=O)C(C(=O)O)O2. The zero-order valence-corrected chi connectivity index (χ0v) is 8.39. The van der Waals surface area contributed by atoms with Crippen LogP contribution in [0, 0.1) is 0 Å². The highest BCUT2D eigenvalue weighted by atomic mass is 16.5. The molecule has 1 aromatic rings. The summed E-state index contributed by atoms with van der Waals surface area (Å²) in [6, 6.07) is 4.75. The first-order valence-electron chi connectivity index (χ1n) is 4.50. The zero-order valence-electron chi connectivity index (χ0n) is 8.39. The summed E-state index contributed by atoms with van der Waals surface area (Å²) in [5, 5.41) is 8.86. The molecule has 0 saturated heterocycles. The molecule has 5 nitrogen and oxygen atoms in total. The van der Waals surface area contributed by atoms with Crippen molar-refractivity contribution >= 4 is 17.5 Å². The molecule has 0 amide bonds. The minimum Gasteiger partial charge on any atom is -0.497 e. The van der Waals surface area contributed by atoms with E-state index in [2.05, 4.69) is 0 Å². The van der Waals surface area contributed by atoms with Gasteiger partial charge in [0.15, 0.2) is 0 Å². The Bertz CT molecular complexity index is 499. The van der Waals surface area contributed by atoms with Crippen LogP contribution in [-0.4, -0.2) is 30.2 Å². The third kappa shape index (κ3) is 1.43. The van der Waals surface area contributed by atoms with Gasteiger partial charge in [0.05, 0.1) is 12.7 Å². The van der Waals surface area contributed by atoms with Crippen molar-refractivity contribution in [3.05, 3.63) is 23.8 Å². The Hall–Kier alpha value is -2.26. The van der Waals surface area contributed by atoms with Gasteiger partial charge in [0.1, 0.15) is 17.4 Å². The number of benzene rings is 1. The Morgan fingerprint density at radius 1 is 1.56 bits per heavy atom. The normalized spacial score (nSPS) is 17.3. The Morgan fingerprint density at radius 3 is 2.88 bits per heavy atom. The number of fused-ring (bicyclic) bond motifs is 1. The van der Waals surface area contributed by atoms with Gasteiger partial charge in [-0.25, -0.2) is 9.59 Å². The van der Waals surface area contributed by atoms with Gasteiger partial charge in [0.25, 0.3) is 0 Å². The van der Waals surface area contributed by atoms with Crippen molar-refractivity contribution in [2.45, 2.75) is 6.10 Å². The van der Waals surface area contributed by atoms with Crippen LogP contribution >= 0.6 is 0 Å². The number of hydrogen-bond donors (Lipinski definition) is 1. The zero-order chi connectivity index (χ0) is 11.7. The van der Waals surface area contributed by atoms with E-state index in [9.17, 15) is 9.59 Å². The quantitative estimate of drug-likeness (QED) is 0.745. The molecule has 0 bridgehead atoms. The van der Waals surface area contributed by atoms with E-state index in [-0.39, 0.29) is 5.57 Å². The van der Waals surface area contributed by atoms with Crippen LogP contribution in [0.5, 0.6) is 11.5 Å². The van der Waals surface area contributed by atoms with Crippen LogP contribution in [0.15, 0.2) is 18.2 Å². The minimum atomic E-state index is -1.28. The first-order valence-corrected chi connectivity index (χ1v) is 4.50. The van der Waals surface area contributed by atoms with Crippen molar-refractivity contribution in [1.82, 2.24) is 0 Å². The van der Waals surface area contributed by atoms with Gasteiger partial charge in [-0.05, 0) is 18.2 Å². The topological polar surface area (TPSA) is 72.8 Å². The Balaban J connectivity index is 2.53. The van der Waals surface area contributed by atoms with Crippen molar-refractivity contribution < 1.29 is 24.2 Å².